The monoisotopic (exact) mass is 238 g/mol. The molecule has 1 rings (SSSR count). The summed E-state index contributed by atoms with van der Waals surface area (Å²) in [5, 5.41) is 9.96. The summed E-state index contributed by atoms with van der Waals surface area (Å²) in [6.45, 7) is 1.94. The van der Waals surface area contributed by atoms with Crippen molar-refractivity contribution in [3.05, 3.63) is 17.8 Å². The third-order valence-electron chi connectivity index (χ3n) is 1.85. The number of rotatable bonds is 3. The first kappa shape index (κ1) is 12.8. The van der Waals surface area contributed by atoms with Crippen molar-refractivity contribution in [2.45, 2.75) is 6.92 Å². The van der Waals surface area contributed by atoms with Crippen molar-refractivity contribution in [1.29, 1.82) is 5.41 Å². The van der Waals surface area contributed by atoms with Crippen LogP contribution in [0.1, 0.15) is 12.5 Å². The van der Waals surface area contributed by atoms with Gasteiger partial charge < -0.3 is 15.2 Å². The van der Waals surface area contributed by atoms with Crippen molar-refractivity contribution >= 4 is 23.5 Å². The lowest BCUT2D eigenvalue weighted by molar-refractivity contribution is 0.168. The molecule has 0 aliphatic carbocycles. The fraction of sp³-hybridized carbons (Fsp3) is 0.300. The largest absolute Gasteiger partial charge is 0.481 e. The van der Waals surface area contributed by atoms with E-state index in [0.29, 0.717) is 11.3 Å². The molecule has 0 unspecified atom stereocenters. The van der Waals surface area contributed by atoms with E-state index in [0.717, 1.165) is 0 Å². The average Bonchev–Trinajstić information content (AvgIpc) is 2.30. The minimum atomic E-state index is -0.644. The van der Waals surface area contributed by atoms with Gasteiger partial charge in [-0.05, 0) is 13.0 Å². The summed E-state index contributed by atoms with van der Waals surface area (Å²) in [4.78, 5) is 15.2. The highest BCUT2D eigenvalue weighted by Gasteiger charge is 2.13. The number of anilines is 2. The van der Waals surface area contributed by atoms with E-state index in [9.17, 15) is 4.79 Å². The zero-order valence-corrected chi connectivity index (χ0v) is 9.61. The van der Waals surface area contributed by atoms with Crippen molar-refractivity contribution in [1.82, 2.24) is 4.98 Å². The smallest absolute Gasteiger partial charge is 0.412 e. The number of carbonyl (C=O) groups is 1. The van der Waals surface area contributed by atoms with Gasteiger partial charge in [-0.1, -0.05) is 0 Å². The molecule has 0 saturated heterocycles. The van der Waals surface area contributed by atoms with Crippen LogP contribution in [0.25, 0.3) is 0 Å². The highest BCUT2D eigenvalue weighted by molar-refractivity contribution is 6.00. The van der Waals surface area contributed by atoms with E-state index in [-0.39, 0.29) is 18.3 Å². The summed E-state index contributed by atoms with van der Waals surface area (Å²) < 4.78 is 9.48. The highest BCUT2D eigenvalue weighted by Crippen LogP contribution is 2.16. The van der Waals surface area contributed by atoms with Gasteiger partial charge in [-0.2, -0.15) is 0 Å². The molecule has 17 heavy (non-hydrogen) atoms. The van der Waals surface area contributed by atoms with E-state index in [1.165, 1.54) is 19.4 Å². The second-order valence-electron chi connectivity index (χ2n) is 3.04. The molecule has 1 heterocycles. The molecule has 7 nitrogen and oxygen atoms in total. The number of nitrogen functional groups attached to an aromatic ring is 1. The van der Waals surface area contributed by atoms with Crippen LogP contribution in [-0.4, -0.2) is 30.7 Å². The van der Waals surface area contributed by atoms with Crippen LogP contribution in [0.4, 0.5) is 16.3 Å². The van der Waals surface area contributed by atoms with Crippen molar-refractivity contribution < 1.29 is 14.3 Å². The standard InChI is InChI=1S/C10H14N4O3/c1-3-17-10(15)14-9-7(8(12)16-2)4-6(11)5-13-9/h4-5,12H,3,11H2,1-2H3,(H,13,14,15). The summed E-state index contributed by atoms with van der Waals surface area (Å²) in [5.41, 5.74) is 6.21. The average molecular weight is 238 g/mol. The maximum absolute atomic E-state index is 11.2. The summed E-state index contributed by atoms with van der Waals surface area (Å²) in [6, 6.07) is 1.49. The Hall–Kier alpha value is -2.31. The molecule has 1 aromatic heterocycles. The number of nitrogens with one attached hydrogen (secondary N) is 2. The molecule has 1 amide bonds. The number of pyridine rings is 1. The molecule has 0 aliphatic rings. The second-order valence-corrected chi connectivity index (χ2v) is 3.04. The SMILES string of the molecule is CCOC(=O)Nc1ncc(N)cc1C(=N)OC. The lowest BCUT2D eigenvalue weighted by Crippen LogP contribution is -2.17. The molecule has 0 bridgehead atoms. The molecule has 92 valence electrons. The molecule has 7 heteroatoms. The topological polar surface area (TPSA) is 110 Å². The fourth-order valence-electron chi connectivity index (χ4n) is 1.13. The van der Waals surface area contributed by atoms with Crippen molar-refractivity contribution in [3.8, 4) is 0 Å². The molecule has 0 aromatic carbocycles. The van der Waals surface area contributed by atoms with Gasteiger partial charge in [0.2, 0.25) is 5.90 Å². The van der Waals surface area contributed by atoms with E-state index < -0.39 is 6.09 Å². The Labute approximate surface area is 98.4 Å². The van der Waals surface area contributed by atoms with E-state index in [1.54, 1.807) is 6.92 Å². The molecule has 0 saturated carbocycles. The van der Waals surface area contributed by atoms with Crippen LogP contribution in [0.5, 0.6) is 0 Å². The number of hydrogen-bond acceptors (Lipinski definition) is 6. The Morgan fingerprint density at radius 1 is 1.65 bits per heavy atom. The quantitative estimate of drug-likeness (QED) is 0.541. The number of aromatic nitrogens is 1. The van der Waals surface area contributed by atoms with E-state index in [4.69, 9.17) is 20.6 Å². The number of ether oxygens (including phenoxy) is 2. The predicted octanol–water partition coefficient (Wildman–Crippen LogP) is 1.20. The Morgan fingerprint density at radius 3 is 2.94 bits per heavy atom. The summed E-state index contributed by atoms with van der Waals surface area (Å²) in [5.74, 6) is 0.0288. The van der Waals surface area contributed by atoms with Crippen LogP contribution in [0, 0.1) is 5.41 Å². The van der Waals surface area contributed by atoms with E-state index in [2.05, 4.69) is 10.3 Å². The van der Waals surface area contributed by atoms with Crippen molar-refractivity contribution in [2.24, 2.45) is 0 Å². The number of nitrogens with zero attached hydrogens (tertiary/aromatic N) is 1. The Kier molecular flexibility index (Phi) is 4.27. The van der Waals surface area contributed by atoms with Crippen LogP contribution in [0.2, 0.25) is 0 Å². The van der Waals surface area contributed by atoms with Gasteiger partial charge in [0.25, 0.3) is 0 Å². The highest BCUT2D eigenvalue weighted by atomic mass is 16.5. The second kappa shape index (κ2) is 5.69. The van der Waals surface area contributed by atoms with Crippen LogP contribution in [0.3, 0.4) is 0 Å². The number of nitrogens with two attached hydrogens (primary N) is 1. The fourth-order valence-corrected chi connectivity index (χ4v) is 1.13. The van der Waals surface area contributed by atoms with Crippen molar-refractivity contribution in [3.63, 3.8) is 0 Å². The molecule has 4 N–H and O–H groups in total. The minimum absolute atomic E-state index is 0.142. The molecule has 0 radical (unpaired) electrons. The summed E-state index contributed by atoms with van der Waals surface area (Å²) in [7, 11) is 1.35. The molecule has 0 spiro atoms. The lowest BCUT2D eigenvalue weighted by Gasteiger charge is -2.10. The van der Waals surface area contributed by atoms with Gasteiger partial charge in [-0.15, -0.1) is 0 Å². The molecular weight excluding hydrogens is 224 g/mol. The van der Waals surface area contributed by atoms with E-state index >= 15 is 0 Å². The van der Waals surface area contributed by atoms with Gasteiger partial charge in [-0.25, -0.2) is 9.78 Å². The number of hydrogen-bond donors (Lipinski definition) is 3. The first-order valence-electron chi connectivity index (χ1n) is 4.90. The van der Waals surface area contributed by atoms with E-state index in [1.807, 2.05) is 0 Å². The molecule has 1 aromatic rings. The van der Waals surface area contributed by atoms with Gasteiger partial charge in [-0.3, -0.25) is 10.7 Å². The first-order valence-corrected chi connectivity index (χ1v) is 4.90. The van der Waals surface area contributed by atoms with Crippen LogP contribution in [0.15, 0.2) is 12.3 Å². The minimum Gasteiger partial charge on any atom is -0.481 e. The van der Waals surface area contributed by atoms with Gasteiger partial charge >= 0.3 is 6.09 Å². The third kappa shape index (κ3) is 3.33. The number of carbonyl (C=O) groups excluding carboxylic acids is 1. The zero-order chi connectivity index (χ0) is 12.8. The molecule has 0 aliphatic heterocycles. The maximum atomic E-state index is 11.2. The Morgan fingerprint density at radius 2 is 2.35 bits per heavy atom. The molecular formula is C10H14N4O3. The van der Waals surface area contributed by atoms with Gasteiger partial charge in [0.1, 0.15) is 5.82 Å². The van der Waals surface area contributed by atoms with Gasteiger partial charge in [0, 0.05) is 0 Å². The zero-order valence-electron chi connectivity index (χ0n) is 9.61. The lowest BCUT2D eigenvalue weighted by atomic mass is 10.2. The Bertz CT molecular complexity index is 434. The van der Waals surface area contributed by atoms with Crippen LogP contribution < -0.4 is 11.1 Å². The van der Waals surface area contributed by atoms with Crippen LogP contribution >= 0.6 is 0 Å². The predicted molar refractivity (Wildman–Crippen MR) is 63.1 cm³/mol. The van der Waals surface area contributed by atoms with Crippen molar-refractivity contribution in [2.75, 3.05) is 24.8 Å². The molecule has 0 atom stereocenters. The van der Waals surface area contributed by atoms with Crippen LogP contribution in [-0.2, 0) is 9.47 Å². The number of methoxy groups -OCH3 is 1. The summed E-state index contributed by atoms with van der Waals surface area (Å²) >= 11 is 0. The third-order valence-corrected chi connectivity index (χ3v) is 1.85. The van der Waals surface area contributed by atoms with Gasteiger partial charge in [0.15, 0.2) is 0 Å². The van der Waals surface area contributed by atoms with Gasteiger partial charge in [0.05, 0.1) is 31.2 Å². The first-order chi connectivity index (χ1) is 8.08. The Balaban J connectivity index is 2.98. The normalized spacial score (nSPS) is 9.53. The summed E-state index contributed by atoms with van der Waals surface area (Å²) in [6.07, 6.45) is 0.725. The maximum Gasteiger partial charge on any atom is 0.412 e. The molecule has 0 fully saturated rings. The number of amides is 1.